The highest BCUT2D eigenvalue weighted by Gasteiger charge is 2.22. The van der Waals surface area contributed by atoms with Crippen LogP contribution >= 0.6 is 15.9 Å². The third-order valence-electron chi connectivity index (χ3n) is 3.40. The zero-order valence-electron chi connectivity index (χ0n) is 11.3. The summed E-state index contributed by atoms with van der Waals surface area (Å²) in [5.41, 5.74) is 0.989. The van der Waals surface area contributed by atoms with Gasteiger partial charge in [-0.1, -0.05) is 6.92 Å². The second-order valence-electron chi connectivity index (χ2n) is 4.95. The van der Waals surface area contributed by atoms with Crippen LogP contribution in [-0.2, 0) is 16.0 Å². The molecule has 0 bridgehead atoms. The standard InChI is InChI=1S/C13H20BrN3O2/c1-3-10-12(14)13(17-16-10)15-11(18)7-6-9-5-4-8(2)19-9/h8-9H,3-7H2,1-2H3,(H2,15,16,17,18). The Morgan fingerprint density at radius 3 is 2.95 bits per heavy atom. The van der Waals surface area contributed by atoms with Gasteiger partial charge in [0.1, 0.15) is 0 Å². The molecule has 0 radical (unpaired) electrons. The van der Waals surface area contributed by atoms with Crippen molar-refractivity contribution in [3.8, 4) is 0 Å². The van der Waals surface area contributed by atoms with Crippen molar-refractivity contribution >= 4 is 27.7 Å². The number of nitrogens with zero attached hydrogens (tertiary/aromatic N) is 1. The van der Waals surface area contributed by atoms with Gasteiger partial charge in [0.25, 0.3) is 0 Å². The third-order valence-corrected chi connectivity index (χ3v) is 4.25. The van der Waals surface area contributed by atoms with Crippen LogP contribution in [0.15, 0.2) is 4.47 Å². The maximum atomic E-state index is 11.9. The zero-order chi connectivity index (χ0) is 13.8. The monoisotopic (exact) mass is 329 g/mol. The van der Waals surface area contributed by atoms with E-state index in [0.717, 1.165) is 35.8 Å². The molecule has 1 aromatic rings. The number of aromatic amines is 1. The first-order valence-electron chi connectivity index (χ1n) is 6.78. The molecule has 1 aliphatic rings. The lowest BCUT2D eigenvalue weighted by atomic mass is 10.1. The van der Waals surface area contributed by atoms with Crippen LogP contribution in [0.1, 0.15) is 45.2 Å². The summed E-state index contributed by atoms with van der Waals surface area (Å²) >= 11 is 3.43. The van der Waals surface area contributed by atoms with Gasteiger partial charge in [-0.05, 0) is 48.5 Å². The summed E-state index contributed by atoms with van der Waals surface area (Å²) < 4.78 is 6.54. The Morgan fingerprint density at radius 1 is 1.58 bits per heavy atom. The highest BCUT2D eigenvalue weighted by molar-refractivity contribution is 9.10. The van der Waals surface area contributed by atoms with Crippen LogP contribution in [0.4, 0.5) is 5.82 Å². The molecule has 2 rings (SSSR count). The van der Waals surface area contributed by atoms with E-state index in [1.165, 1.54) is 0 Å². The predicted octanol–water partition coefficient (Wildman–Crippen LogP) is 3.02. The largest absolute Gasteiger partial charge is 0.375 e. The SMILES string of the molecule is CCc1[nH]nc(NC(=O)CCC2CCC(C)O2)c1Br. The summed E-state index contributed by atoms with van der Waals surface area (Å²) in [6.07, 6.45) is 4.81. The highest BCUT2D eigenvalue weighted by Crippen LogP contribution is 2.25. The van der Waals surface area contributed by atoms with E-state index in [1.807, 2.05) is 6.92 Å². The molecule has 1 saturated heterocycles. The lowest BCUT2D eigenvalue weighted by Gasteiger charge is -2.10. The molecule has 0 saturated carbocycles. The Labute approximate surface area is 121 Å². The summed E-state index contributed by atoms with van der Waals surface area (Å²) in [5.74, 6) is 0.556. The van der Waals surface area contributed by atoms with Gasteiger partial charge in [-0.3, -0.25) is 9.89 Å². The average molecular weight is 330 g/mol. The van der Waals surface area contributed by atoms with Crippen LogP contribution in [0.25, 0.3) is 0 Å². The van der Waals surface area contributed by atoms with Crippen molar-refractivity contribution in [3.05, 3.63) is 10.2 Å². The van der Waals surface area contributed by atoms with Crippen molar-refractivity contribution in [2.75, 3.05) is 5.32 Å². The minimum atomic E-state index is -0.0157. The molecule has 1 amide bonds. The number of hydrogen-bond donors (Lipinski definition) is 2. The van der Waals surface area contributed by atoms with Crippen molar-refractivity contribution in [2.24, 2.45) is 0 Å². The Bertz CT molecular complexity index is 447. The fourth-order valence-electron chi connectivity index (χ4n) is 2.27. The van der Waals surface area contributed by atoms with Gasteiger partial charge in [-0.15, -0.1) is 0 Å². The van der Waals surface area contributed by atoms with Gasteiger partial charge in [0, 0.05) is 6.42 Å². The summed E-state index contributed by atoms with van der Waals surface area (Å²) in [7, 11) is 0. The molecule has 2 unspecified atom stereocenters. The van der Waals surface area contributed by atoms with Crippen LogP contribution in [0.5, 0.6) is 0 Å². The van der Waals surface area contributed by atoms with Gasteiger partial charge >= 0.3 is 0 Å². The van der Waals surface area contributed by atoms with Crippen LogP contribution in [0.2, 0.25) is 0 Å². The molecule has 0 aromatic carbocycles. The summed E-state index contributed by atoms with van der Waals surface area (Å²) in [5, 5.41) is 9.80. The number of rotatable bonds is 5. The molecule has 106 valence electrons. The van der Waals surface area contributed by atoms with Crippen LogP contribution in [-0.4, -0.2) is 28.3 Å². The van der Waals surface area contributed by atoms with Gasteiger partial charge in [-0.25, -0.2) is 0 Å². The summed E-state index contributed by atoms with van der Waals surface area (Å²) in [6.45, 7) is 4.11. The fraction of sp³-hybridized carbons (Fsp3) is 0.692. The minimum Gasteiger partial charge on any atom is -0.375 e. The molecule has 1 aliphatic heterocycles. The number of hydrogen-bond acceptors (Lipinski definition) is 3. The van der Waals surface area contributed by atoms with Crippen molar-refractivity contribution in [1.82, 2.24) is 10.2 Å². The average Bonchev–Trinajstić information content (AvgIpc) is 2.95. The first-order valence-corrected chi connectivity index (χ1v) is 7.57. The lowest BCUT2D eigenvalue weighted by molar-refractivity contribution is -0.116. The lowest BCUT2D eigenvalue weighted by Crippen LogP contribution is -2.16. The summed E-state index contributed by atoms with van der Waals surface area (Å²) in [6, 6.07) is 0. The molecule has 2 atom stereocenters. The number of amides is 1. The molecular formula is C13H20BrN3O2. The third kappa shape index (κ3) is 3.79. The molecule has 19 heavy (non-hydrogen) atoms. The number of carbonyl (C=O) groups is 1. The first-order chi connectivity index (χ1) is 9.10. The number of aromatic nitrogens is 2. The molecule has 0 aliphatic carbocycles. The Hall–Kier alpha value is -0.880. The number of carbonyl (C=O) groups excluding carboxylic acids is 1. The maximum absolute atomic E-state index is 11.9. The maximum Gasteiger partial charge on any atom is 0.225 e. The molecule has 2 N–H and O–H groups in total. The van der Waals surface area contributed by atoms with Crippen LogP contribution in [0.3, 0.4) is 0 Å². The number of halogens is 1. The molecule has 0 spiro atoms. The van der Waals surface area contributed by atoms with Gasteiger partial charge in [0.15, 0.2) is 5.82 Å². The van der Waals surface area contributed by atoms with Gasteiger partial charge in [0.2, 0.25) is 5.91 Å². The van der Waals surface area contributed by atoms with E-state index < -0.39 is 0 Å². The van der Waals surface area contributed by atoms with E-state index in [2.05, 4.69) is 38.4 Å². The quantitative estimate of drug-likeness (QED) is 0.872. The Balaban J connectivity index is 1.79. The number of anilines is 1. The number of nitrogens with one attached hydrogen (secondary N) is 2. The molecule has 5 nitrogen and oxygen atoms in total. The molecule has 1 aromatic heterocycles. The normalized spacial score (nSPS) is 22.7. The van der Waals surface area contributed by atoms with Gasteiger partial charge < -0.3 is 10.1 Å². The van der Waals surface area contributed by atoms with E-state index in [0.29, 0.717) is 18.3 Å². The van der Waals surface area contributed by atoms with Crippen molar-refractivity contribution in [3.63, 3.8) is 0 Å². The first kappa shape index (κ1) is 14.5. The Morgan fingerprint density at radius 2 is 2.37 bits per heavy atom. The predicted molar refractivity (Wildman–Crippen MR) is 77.1 cm³/mol. The van der Waals surface area contributed by atoms with E-state index in [-0.39, 0.29) is 12.0 Å². The van der Waals surface area contributed by atoms with Crippen molar-refractivity contribution < 1.29 is 9.53 Å². The highest BCUT2D eigenvalue weighted by atomic mass is 79.9. The van der Waals surface area contributed by atoms with E-state index >= 15 is 0 Å². The van der Waals surface area contributed by atoms with E-state index in [1.54, 1.807) is 0 Å². The number of ether oxygens (including phenoxy) is 1. The second kappa shape index (κ2) is 6.52. The molecular weight excluding hydrogens is 310 g/mol. The zero-order valence-corrected chi connectivity index (χ0v) is 12.9. The second-order valence-corrected chi connectivity index (χ2v) is 5.74. The summed E-state index contributed by atoms with van der Waals surface area (Å²) in [4.78, 5) is 11.9. The smallest absolute Gasteiger partial charge is 0.225 e. The van der Waals surface area contributed by atoms with Gasteiger partial charge in [-0.2, -0.15) is 5.10 Å². The molecule has 1 fully saturated rings. The van der Waals surface area contributed by atoms with Crippen LogP contribution in [0, 0.1) is 0 Å². The molecule has 2 heterocycles. The minimum absolute atomic E-state index is 0.0157. The van der Waals surface area contributed by atoms with Crippen molar-refractivity contribution in [1.29, 1.82) is 0 Å². The van der Waals surface area contributed by atoms with Crippen LogP contribution < -0.4 is 5.32 Å². The van der Waals surface area contributed by atoms with Gasteiger partial charge in [0.05, 0.1) is 22.4 Å². The Kier molecular flexibility index (Phi) is 4.99. The number of aryl methyl sites for hydroxylation is 1. The molecule has 6 heteroatoms. The topological polar surface area (TPSA) is 67.0 Å². The fourth-order valence-corrected chi connectivity index (χ4v) is 2.82. The van der Waals surface area contributed by atoms with E-state index in [4.69, 9.17) is 4.74 Å². The van der Waals surface area contributed by atoms with Crippen molar-refractivity contribution in [2.45, 2.75) is 58.2 Å². The number of H-pyrrole nitrogens is 1. The van der Waals surface area contributed by atoms with E-state index in [9.17, 15) is 4.79 Å².